The van der Waals surface area contributed by atoms with Crippen molar-refractivity contribution in [2.75, 3.05) is 0 Å². The molecule has 0 aromatic heterocycles. The summed E-state index contributed by atoms with van der Waals surface area (Å²) >= 11 is 5.29. The molecule has 0 heterocycles. The van der Waals surface area contributed by atoms with E-state index in [9.17, 15) is 17.6 Å². The first kappa shape index (κ1) is 14.5. The van der Waals surface area contributed by atoms with Crippen LogP contribution in [0.1, 0.15) is 11.6 Å². The summed E-state index contributed by atoms with van der Waals surface area (Å²) in [5.41, 5.74) is 4.04. The zero-order valence-electron chi connectivity index (χ0n) is 7.18. The highest BCUT2D eigenvalue weighted by Gasteiger charge is 2.25. The van der Waals surface area contributed by atoms with Gasteiger partial charge in [0, 0.05) is 5.56 Å². The molecule has 0 radical (unpaired) electrons. The first-order chi connectivity index (χ1) is 6.45. The number of benzene rings is 1. The van der Waals surface area contributed by atoms with Crippen molar-refractivity contribution >= 4 is 24.0 Å². The van der Waals surface area contributed by atoms with Gasteiger partial charge in [-0.1, -0.05) is 11.6 Å². The van der Waals surface area contributed by atoms with Crippen molar-refractivity contribution in [2.24, 2.45) is 5.73 Å². The average Bonchev–Trinajstić information content (AvgIpc) is 2.12. The lowest BCUT2D eigenvalue weighted by Gasteiger charge is -2.13. The first-order valence-corrected chi connectivity index (χ1v) is 4.00. The van der Waals surface area contributed by atoms with E-state index in [0.717, 1.165) is 12.1 Å². The highest BCUT2D eigenvalue weighted by Crippen LogP contribution is 2.28. The molecule has 0 bridgehead atoms. The van der Waals surface area contributed by atoms with Gasteiger partial charge in [0.15, 0.2) is 0 Å². The average molecular weight is 264 g/mol. The summed E-state index contributed by atoms with van der Waals surface area (Å²) in [6.07, 6.45) is -3.04. The molecule has 15 heavy (non-hydrogen) atoms. The Labute approximate surface area is 94.6 Å². The molecular weight excluding hydrogens is 257 g/mol. The Balaban J connectivity index is 0.00000196. The lowest BCUT2D eigenvalue weighted by Crippen LogP contribution is -2.21. The van der Waals surface area contributed by atoms with Crippen molar-refractivity contribution in [1.29, 1.82) is 0 Å². The van der Waals surface area contributed by atoms with Crippen molar-refractivity contribution < 1.29 is 17.6 Å². The molecule has 0 saturated carbocycles. The quantitative estimate of drug-likeness (QED) is 0.643. The molecule has 1 aromatic carbocycles. The Hall–Kier alpha value is -0.520. The Morgan fingerprint density at radius 2 is 1.73 bits per heavy atom. The van der Waals surface area contributed by atoms with Crippen molar-refractivity contribution in [2.45, 2.75) is 12.5 Å². The van der Waals surface area contributed by atoms with Crippen molar-refractivity contribution in [3.63, 3.8) is 0 Å². The van der Waals surface area contributed by atoms with Gasteiger partial charge in [0.2, 0.25) is 0 Å². The molecule has 0 aliphatic rings. The maximum absolute atomic E-state index is 13.1. The van der Waals surface area contributed by atoms with Gasteiger partial charge in [0.05, 0.1) is 11.1 Å². The maximum Gasteiger partial charge on any atom is 0.257 e. The number of hydrogen-bond acceptors (Lipinski definition) is 1. The van der Waals surface area contributed by atoms with Gasteiger partial charge in [-0.05, 0) is 12.1 Å². The van der Waals surface area contributed by atoms with E-state index in [2.05, 4.69) is 0 Å². The minimum Gasteiger partial charge on any atom is -0.319 e. The maximum atomic E-state index is 13.1. The van der Waals surface area contributed by atoms with E-state index in [4.69, 9.17) is 17.3 Å². The third-order valence-electron chi connectivity index (χ3n) is 1.68. The van der Waals surface area contributed by atoms with Crippen LogP contribution in [0.3, 0.4) is 0 Å². The van der Waals surface area contributed by atoms with Crippen molar-refractivity contribution in [3.8, 4) is 0 Å². The number of rotatable bonds is 2. The summed E-state index contributed by atoms with van der Waals surface area (Å²) in [5.74, 6) is -2.36. The SMILES string of the molecule is Cl.N[C@@H](c1c(F)ccc(Cl)c1F)C(F)F. The fourth-order valence-corrected chi connectivity index (χ4v) is 1.14. The summed E-state index contributed by atoms with van der Waals surface area (Å²) in [5, 5.41) is -0.433. The van der Waals surface area contributed by atoms with E-state index in [-0.39, 0.29) is 12.4 Å². The minimum absolute atomic E-state index is 0. The van der Waals surface area contributed by atoms with Gasteiger partial charge >= 0.3 is 0 Å². The molecule has 0 unspecified atom stereocenters. The predicted octanol–water partition coefficient (Wildman–Crippen LogP) is 3.30. The lowest BCUT2D eigenvalue weighted by molar-refractivity contribution is 0.113. The smallest absolute Gasteiger partial charge is 0.257 e. The molecule has 7 heteroatoms. The first-order valence-electron chi connectivity index (χ1n) is 3.62. The largest absolute Gasteiger partial charge is 0.319 e. The molecule has 1 atom stereocenters. The molecule has 86 valence electrons. The molecule has 0 fully saturated rings. The molecule has 0 amide bonds. The van der Waals surface area contributed by atoms with Crippen LogP contribution in [0.5, 0.6) is 0 Å². The molecule has 0 aliphatic carbocycles. The zero-order chi connectivity index (χ0) is 10.9. The van der Waals surface area contributed by atoms with Gasteiger partial charge < -0.3 is 5.73 Å². The Kier molecular flexibility index (Phi) is 5.34. The minimum atomic E-state index is -3.04. The summed E-state index contributed by atoms with van der Waals surface area (Å²) in [7, 11) is 0. The van der Waals surface area contributed by atoms with E-state index in [1.807, 2.05) is 0 Å². The fraction of sp³-hybridized carbons (Fsp3) is 0.250. The van der Waals surface area contributed by atoms with Gasteiger partial charge in [-0.25, -0.2) is 17.6 Å². The normalized spacial score (nSPS) is 12.5. The third-order valence-corrected chi connectivity index (χ3v) is 1.98. The van der Waals surface area contributed by atoms with Crippen LogP contribution in [0.25, 0.3) is 0 Å². The molecular formula is C8H7Cl2F4N. The summed E-state index contributed by atoms with van der Waals surface area (Å²) < 4.78 is 50.2. The third kappa shape index (κ3) is 2.96. The predicted molar refractivity (Wildman–Crippen MR) is 51.5 cm³/mol. The Morgan fingerprint density at radius 1 is 1.20 bits per heavy atom. The highest BCUT2D eigenvalue weighted by atomic mass is 35.5. The van der Waals surface area contributed by atoms with E-state index in [1.165, 1.54) is 0 Å². The standard InChI is InChI=1S/C8H6ClF4N.ClH/c9-3-1-2-4(10)5(6(3)11)7(14)8(12)13;/h1-2,7-8H,14H2;1H/t7-;/m0./s1. The van der Waals surface area contributed by atoms with Crippen molar-refractivity contribution in [1.82, 2.24) is 0 Å². The fourth-order valence-electron chi connectivity index (χ4n) is 0.974. The topological polar surface area (TPSA) is 26.0 Å². The molecule has 0 saturated heterocycles. The number of nitrogens with two attached hydrogens (primary N) is 1. The van der Waals surface area contributed by atoms with Gasteiger partial charge in [-0.3, -0.25) is 0 Å². The van der Waals surface area contributed by atoms with E-state index in [1.54, 1.807) is 0 Å². The summed E-state index contributed by atoms with van der Waals surface area (Å²) in [4.78, 5) is 0. The molecule has 0 spiro atoms. The summed E-state index contributed by atoms with van der Waals surface area (Å²) in [6.45, 7) is 0. The molecule has 1 aromatic rings. The van der Waals surface area contributed by atoms with Crippen molar-refractivity contribution in [3.05, 3.63) is 34.4 Å². The van der Waals surface area contributed by atoms with Gasteiger partial charge in [-0.15, -0.1) is 12.4 Å². The van der Waals surface area contributed by atoms with E-state index in [0.29, 0.717) is 0 Å². The van der Waals surface area contributed by atoms with Crippen LogP contribution in [-0.4, -0.2) is 6.43 Å². The molecule has 0 aliphatic heterocycles. The van der Waals surface area contributed by atoms with E-state index >= 15 is 0 Å². The van der Waals surface area contributed by atoms with Crippen LogP contribution in [0, 0.1) is 11.6 Å². The van der Waals surface area contributed by atoms with Gasteiger partial charge in [0.1, 0.15) is 11.6 Å². The number of hydrogen-bond donors (Lipinski definition) is 1. The van der Waals surface area contributed by atoms with Crippen LogP contribution in [0.2, 0.25) is 5.02 Å². The van der Waals surface area contributed by atoms with Gasteiger partial charge in [-0.2, -0.15) is 0 Å². The Morgan fingerprint density at radius 3 is 2.20 bits per heavy atom. The number of halogens is 6. The second-order valence-corrected chi connectivity index (χ2v) is 3.02. The van der Waals surface area contributed by atoms with Gasteiger partial charge in [0.25, 0.3) is 6.43 Å². The monoisotopic (exact) mass is 263 g/mol. The van der Waals surface area contributed by atoms with Crippen LogP contribution < -0.4 is 5.73 Å². The molecule has 1 nitrogen and oxygen atoms in total. The van der Waals surface area contributed by atoms with E-state index < -0.39 is 34.7 Å². The second kappa shape index (κ2) is 5.53. The molecule has 2 N–H and O–H groups in total. The van der Waals surface area contributed by atoms with Crippen LogP contribution in [0.15, 0.2) is 12.1 Å². The summed E-state index contributed by atoms with van der Waals surface area (Å²) in [6, 6.07) is -0.273. The van der Waals surface area contributed by atoms with Crippen LogP contribution in [-0.2, 0) is 0 Å². The van der Waals surface area contributed by atoms with Crippen LogP contribution in [0.4, 0.5) is 17.6 Å². The Bertz CT molecular complexity index is 346. The zero-order valence-corrected chi connectivity index (χ0v) is 8.76. The van der Waals surface area contributed by atoms with Crippen LogP contribution >= 0.6 is 24.0 Å². The number of alkyl halides is 2. The second-order valence-electron chi connectivity index (χ2n) is 2.62. The lowest BCUT2D eigenvalue weighted by atomic mass is 10.1. The highest BCUT2D eigenvalue weighted by molar-refractivity contribution is 6.30. The molecule has 1 rings (SSSR count).